The third-order valence-corrected chi connectivity index (χ3v) is 8.35. The molecule has 4 aliphatic rings. The van der Waals surface area contributed by atoms with Crippen LogP contribution in [0, 0.1) is 28.6 Å². The molecule has 3 fully saturated rings. The maximum atomic E-state index is 11.9. The number of aliphatic hydroxyl groups excluding tert-OH is 1. The lowest BCUT2D eigenvalue weighted by molar-refractivity contribution is -0.122. The largest absolute Gasteiger partial charge is 0.391 e. The van der Waals surface area contributed by atoms with Gasteiger partial charge >= 0.3 is 0 Å². The molecular formula is C21H31NO3. The van der Waals surface area contributed by atoms with Gasteiger partial charge in [0.15, 0.2) is 5.78 Å². The zero-order valence-electron chi connectivity index (χ0n) is 15.7. The van der Waals surface area contributed by atoms with Crippen molar-refractivity contribution in [2.24, 2.45) is 28.6 Å². The van der Waals surface area contributed by atoms with E-state index >= 15 is 0 Å². The first-order valence-corrected chi connectivity index (χ1v) is 9.95. The molecule has 0 aromatic carbocycles. The van der Waals surface area contributed by atoms with E-state index in [0.717, 1.165) is 38.5 Å². The Kier molecular flexibility index (Phi) is 3.91. The van der Waals surface area contributed by atoms with Gasteiger partial charge in [0.25, 0.3) is 0 Å². The molecule has 4 rings (SSSR count). The van der Waals surface area contributed by atoms with Crippen LogP contribution in [0.25, 0.3) is 0 Å². The Labute approximate surface area is 150 Å². The summed E-state index contributed by atoms with van der Waals surface area (Å²) in [7, 11) is 0. The van der Waals surface area contributed by atoms with E-state index in [1.165, 1.54) is 5.57 Å². The monoisotopic (exact) mass is 345 g/mol. The van der Waals surface area contributed by atoms with Crippen molar-refractivity contribution in [2.75, 3.05) is 0 Å². The lowest BCUT2D eigenvalue weighted by atomic mass is 9.47. The van der Waals surface area contributed by atoms with Crippen LogP contribution >= 0.6 is 0 Å². The zero-order valence-corrected chi connectivity index (χ0v) is 15.7. The Bertz CT molecular complexity index is 641. The van der Waals surface area contributed by atoms with Gasteiger partial charge < -0.3 is 10.4 Å². The molecule has 0 aromatic rings. The first kappa shape index (κ1) is 17.3. The molecule has 7 atom stereocenters. The minimum Gasteiger partial charge on any atom is -0.391 e. The molecule has 0 radical (unpaired) electrons. The predicted octanol–water partition coefficient (Wildman–Crippen LogP) is 2.99. The lowest BCUT2D eigenvalue weighted by Gasteiger charge is -2.58. The average molecular weight is 345 g/mol. The summed E-state index contributed by atoms with van der Waals surface area (Å²) < 4.78 is 0. The van der Waals surface area contributed by atoms with Gasteiger partial charge in [-0.15, -0.1) is 0 Å². The molecule has 0 heterocycles. The first-order chi connectivity index (χ1) is 11.8. The van der Waals surface area contributed by atoms with Crippen molar-refractivity contribution >= 4 is 11.7 Å². The summed E-state index contributed by atoms with van der Waals surface area (Å²) in [6.45, 7) is 6.21. The molecule has 0 unspecified atom stereocenters. The minimum atomic E-state index is -0.435. The van der Waals surface area contributed by atoms with Crippen LogP contribution < -0.4 is 5.32 Å². The Hall–Kier alpha value is -1.16. The highest BCUT2D eigenvalue weighted by atomic mass is 16.3. The number of ketones is 1. The Balaban J connectivity index is 1.65. The SMILES string of the molecule is CC(=O)N[C@@H]1[C@@H](O)C[C@H]2[C@@H]3CCC4=CC(=O)CC[C@]4(C)[C@H]3CC[C@]12C. The van der Waals surface area contributed by atoms with Gasteiger partial charge in [-0.2, -0.15) is 0 Å². The van der Waals surface area contributed by atoms with Crippen molar-refractivity contribution < 1.29 is 14.7 Å². The van der Waals surface area contributed by atoms with E-state index in [4.69, 9.17) is 0 Å². The molecular weight excluding hydrogens is 314 g/mol. The fraction of sp³-hybridized carbons (Fsp3) is 0.810. The first-order valence-electron chi connectivity index (χ1n) is 9.95. The van der Waals surface area contributed by atoms with Crippen LogP contribution in [0.2, 0.25) is 0 Å². The van der Waals surface area contributed by atoms with Gasteiger partial charge in [-0.05, 0) is 73.2 Å². The number of fused-ring (bicyclic) bond motifs is 5. The Morgan fingerprint density at radius 3 is 2.68 bits per heavy atom. The van der Waals surface area contributed by atoms with Gasteiger partial charge in [-0.3, -0.25) is 9.59 Å². The second-order valence-corrected chi connectivity index (χ2v) is 9.49. The lowest BCUT2D eigenvalue weighted by Crippen LogP contribution is -2.55. The van der Waals surface area contributed by atoms with E-state index in [0.29, 0.717) is 30.0 Å². The van der Waals surface area contributed by atoms with Gasteiger partial charge in [-0.25, -0.2) is 0 Å². The summed E-state index contributed by atoms with van der Waals surface area (Å²) in [6.07, 6.45) is 8.32. The predicted molar refractivity (Wildman–Crippen MR) is 95.7 cm³/mol. The van der Waals surface area contributed by atoms with Crippen LogP contribution in [-0.2, 0) is 9.59 Å². The van der Waals surface area contributed by atoms with Crippen molar-refractivity contribution in [3.8, 4) is 0 Å². The van der Waals surface area contributed by atoms with Gasteiger partial charge in [0, 0.05) is 13.3 Å². The van der Waals surface area contributed by atoms with E-state index in [1.54, 1.807) is 6.92 Å². The summed E-state index contributed by atoms with van der Waals surface area (Å²) in [5.41, 5.74) is 1.54. The number of carbonyl (C=O) groups is 2. The summed E-state index contributed by atoms with van der Waals surface area (Å²) >= 11 is 0. The highest BCUT2D eigenvalue weighted by Crippen LogP contribution is 2.65. The van der Waals surface area contributed by atoms with Crippen LogP contribution in [0.15, 0.2) is 11.6 Å². The summed E-state index contributed by atoms with van der Waals surface area (Å²) in [4.78, 5) is 23.5. The van der Waals surface area contributed by atoms with Crippen molar-refractivity contribution in [1.82, 2.24) is 5.32 Å². The highest BCUT2D eigenvalue weighted by Gasteiger charge is 2.61. The Morgan fingerprint density at radius 2 is 1.96 bits per heavy atom. The maximum absolute atomic E-state index is 11.9. The van der Waals surface area contributed by atoms with Crippen LogP contribution in [-0.4, -0.2) is 28.9 Å². The van der Waals surface area contributed by atoms with Crippen LogP contribution in [0.5, 0.6) is 0 Å². The number of aliphatic hydroxyl groups is 1. The summed E-state index contributed by atoms with van der Waals surface area (Å²) in [5.74, 6) is 1.94. The second-order valence-electron chi connectivity index (χ2n) is 9.49. The van der Waals surface area contributed by atoms with Crippen molar-refractivity contribution in [3.05, 3.63) is 11.6 Å². The van der Waals surface area contributed by atoms with E-state index in [1.807, 2.05) is 6.08 Å². The van der Waals surface area contributed by atoms with Crippen molar-refractivity contribution in [2.45, 2.75) is 77.9 Å². The normalized spacial score (nSPS) is 48.9. The fourth-order valence-electron chi connectivity index (χ4n) is 7.05. The highest BCUT2D eigenvalue weighted by molar-refractivity contribution is 5.91. The van der Waals surface area contributed by atoms with Gasteiger partial charge in [-0.1, -0.05) is 19.4 Å². The minimum absolute atomic E-state index is 0.00564. The van der Waals surface area contributed by atoms with Gasteiger partial charge in [0.2, 0.25) is 5.91 Å². The number of allylic oxidation sites excluding steroid dienone is 1. The molecule has 4 nitrogen and oxygen atoms in total. The maximum Gasteiger partial charge on any atom is 0.217 e. The van der Waals surface area contributed by atoms with Crippen molar-refractivity contribution in [1.29, 1.82) is 0 Å². The number of carbonyl (C=O) groups excluding carboxylic acids is 2. The topological polar surface area (TPSA) is 66.4 Å². The molecule has 0 bridgehead atoms. The number of amides is 1. The third kappa shape index (κ3) is 2.43. The quantitative estimate of drug-likeness (QED) is 0.768. The summed E-state index contributed by atoms with van der Waals surface area (Å²) in [5, 5.41) is 13.7. The van der Waals surface area contributed by atoms with Gasteiger partial charge in [0.05, 0.1) is 12.1 Å². The molecule has 1 amide bonds. The zero-order chi connectivity index (χ0) is 18.0. The molecule has 0 saturated heterocycles. The standard InChI is InChI=1S/C21H31NO3/c1-12(23)22-19-18(25)11-17-15-5-4-13-10-14(24)6-8-20(13,2)16(15)7-9-21(17,19)3/h10,15-19,25H,4-9,11H2,1-3H3,(H,22,23)/t15-,16+,17+,18+,19-,20+,21+/m1/s1. The average Bonchev–Trinajstić information content (AvgIpc) is 2.79. The Morgan fingerprint density at radius 1 is 1.20 bits per heavy atom. The molecule has 0 aliphatic heterocycles. The molecule has 0 aromatic heterocycles. The summed E-state index contributed by atoms with van der Waals surface area (Å²) in [6, 6.07) is -0.117. The van der Waals surface area contributed by atoms with E-state index in [2.05, 4.69) is 19.2 Å². The van der Waals surface area contributed by atoms with Crippen LogP contribution in [0.1, 0.15) is 65.7 Å². The van der Waals surface area contributed by atoms with Crippen molar-refractivity contribution in [3.63, 3.8) is 0 Å². The molecule has 4 heteroatoms. The second kappa shape index (κ2) is 5.67. The fourth-order valence-corrected chi connectivity index (χ4v) is 7.05. The molecule has 4 aliphatic carbocycles. The van der Waals surface area contributed by atoms with Crippen LogP contribution in [0.3, 0.4) is 0 Å². The smallest absolute Gasteiger partial charge is 0.217 e. The molecule has 0 spiro atoms. The molecule has 25 heavy (non-hydrogen) atoms. The molecule has 3 saturated carbocycles. The third-order valence-electron chi connectivity index (χ3n) is 8.35. The van der Waals surface area contributed by atoms with E-state index in [-0.39, 0.29) is 22.8 Å². The number of nitrogens with one attached hydrogen (secondary N) is 1. The number of rotatable bonds is 1. The number of hydrogen-bond acceptors (Lipinski definition) is 3. The van der Waals surface area contributed by atoms with E-state index < -0.39 is 6.10 Å². The van der Waals surface area contributed by atoms with Crippen LogP contribution in [0.4, 0.5) is 0 Å². The number of hydrogen-bond donors (Lipinski definition) is 2. The molecule has 138 valence electrons. The van der Waals surface area contributed by atoms with Gasteiger partial charge in [0.1, 0.15) is 0 Å². The molecule has 2 N–H and O–H groups in total. The van der Waals surface area contributed by atoms with E-state index in [9.17, 15) is 14.7 Å².